The zero-order valence-corrected chi connectivity index (χ0v) is 19.4. The number of esters is 1. The molecule has 1 N–H and O–H groups in total. The van der Waals surface area contributed by atoms with E-state index in [0.717, 1.165) is 18.4 Å². The summed E-state index contributed by atoms with van der Waals surface area (Å²) in [6, 6.07) is 9.64. The van der Waals surface area contributed by atoms with Gasteiger partial charge in [-0.3, -0.25) is 24.1 Å². The van der Waals surface area contributed by atoms with E-state index in [2.05, 4.69) is 10.2 Å². The van der Waals surface area contributed by atoms with Gasteiger partial charge in [0, 0.05) is 23.6 Å². The van der Waals surface area contributed by atoms with Gasteiger partial charge in [-0.15, -0.1) is 0 Å². The molecule has 9 heteroatoms. The Morgan fingerprint density at radius 1 is 1.12 bits per heavy atom. The lowest BCUT2D eigenvalue weighted by Gasteiger charge is -2.36. The maximum absolute atomic E-state index is 13.9. The van der Waals surface area contributed by atoms with Crippen molar-refractivity contribution >= 4 is 46.7 Å². The molecule has 0 unspecified atom stereocenters. The third-order valence-electron chi connectivity index (χ3n) is 7.72. The van der Waals surface area contributed by atoms with Crippen molar-refractivity contribution in [3.05, 3.63) is 52.5 Å². The molecule has 3 fully saturated rings. The fourth-order valence-corrected chi connectivity index (χ4v) is 6.63. The van der Waals surface area contributed by atoms with Crippen LogP contribution in [0.25, 0.3) is 0 Å². The molecule has 174 valence electrons. The van der Waals surface area contributed by atoms with E-state index in [1.807, 2.05) is 13.0 Å². The zero-order valence-electron chi connectivity index (χ0n) is 18.6. The molecule has 0 aromatic heterocycles. The molecule has 2 aromatic carbocycles. The lowest BCUT2D eigenvalue weighted by atomic mass is 9.75. The van der Waals surface area contributed by atoms with E-state index < -0.39 is 23.3 Å². The number of amides is 3. The van der Waals surface area contributed by atoms with E-state index in [9.17, 15) is 19.2 Å². The molecule has 3 amide bonds. The molecule has 0 bridgehead atoms. The van der Waals surface area contributed by atoms with Crippen molar-refractivity contribution in [1.82, 2.24) is 4.90 Å². The van der Waals surface area contributed by atoms with Crippen LogP contribution in [0, 0.1) is 18.8 Å². The first-order valence-corrected chi connectivity index (χ1v) is 11.7. The molecular weight excluding hydrogens is 458 g/mol. The topological polar surface area (TPSA) is 96.0 Å². The van der Waals surface area contributed by atoms with Gasteiger partial charge in [0.1, 0.15) is 11.3 Å². The van der Waals surface area contributed by atoms with Gasteiger partial charge in [0.2, 0.25) is 17.7 Å². The Morgan fingerprint density at radius 2 is 1.85 bits per heavy atom. The number of carbonyl (C=O) groups excluding carboxylic acids is 4. The summed E-state index contributed by atoms with van der Waals surface area (Å²) in [6.45, 7) is 3.78. The van der Waals surface area contributed by atoms with E-state index in [1.54, 1.807) is 30.3 Å². The normalized spacial score (nSPS) is 29.4. The molecule has 4 aliphatic heterocycles. The number of nitrogens with one attached hydrogen (secondary N) is 1. The van der Waals surface area contributed by atoms with Crippen molar-refractivity contribution in [2.75, 3.05) is 16.8 Å². The number of halogens is 1. The van der Waals surface area contributed by atoms with Crippen molar-refractivity contribution in [2.24, 2.45) is 11.8 Å². The monoisotopic (exact) mass is 479 g/mol. The molecule has 0 saturated carbocycles. The van der Waals surface area contributed by atoms with Gasteiger partial charge in [-0.05, 0) is 62.2 Å². The minimum Gasteiger partial charge on any atom is -0.427 e. The van der Waals surface area contributed by atoms with Crippen LogP contribution in [0.3, 0.4) is 0 Å². The Bertz CT molecular complexity index is 1290. The predicted octanol–water partition coefficient (Wildman–Crippen LogP) is 3.00. The first kappa shape index (κ1) is 21.3. The minimum atomic E-state index is -1.24. The smallest absolute Gasteiger partial charge is 0.308 e. The average molecular weight is 480 g/mol. The van der Waals surface area contributed by atoms with Crippen molar-refractivity contribution in [3.8, 4) is 5.75 Å². The van der Waals surface area contributed by atoms with Gasteiger partial charge in [-0.25, -0.2) is 4.90 Å². The molecule has 0 aliphatic carbocycles. The van der Waals surface area contributed by atoms with Crippen molar-refractivity contribution in [1.29, 1.82) is 0 Å². The number of benzene rings is 2. The highest BCUT2D eigenvalue weighted by Crippen LogP contribution is 2.61. The first-order chi connectivity index (χ1) is 16.3. The van der Waals surface area contributed by atoms with Crippen LogP contribution in [-0.4, -0.2) is 41.2 Å². The summed E-state index contributed by atoms with van der Waals surface area (Å²) in [7, 11) is 0. The highest BCUT2D eigenvalue weighted by molar-refractivity contribution is 6.32. The minimum absolute atomic E-state index is 0.195. The van der Waals surface area contributed by atoms with Gasteiger partial charge >= 0.3 is 5.97 Å². The van der Waals surface area contributed by atoms with Crippen LogP contribution in [0.5, 0.6) is 5.75 Å². The number of fused-ring (bicyclic) bond motifs is 7. The lowest BCUT2D eigenvalue weighted by molar-refractivity contribution is -0.135. The van der Waals surface area contributed by atoms with Crippen LogP contribution >= 0.6 is 11.6 Å². The Balaban J connectivity index is 1.48. The fraction of sp³-hybridized carbons (Fsp3) is 0.360. The third kappa shape index (κ3) is 2.52. The van der Waals surface area contributed by atoms with Crippen LogP contribution in [0.15, 0.2) is 36.4 Å². The molecular formula is C25H22ClN3O5. The van der Waals surface area contributed by atoms with Crippen molar-refractivity contribution < 1.29 is 23.9 Å². The average Bonchev–Trinajstić information content (AvgIpc) is 3.50. The molecule has 8 nitrogen and oxygen atoms in total. The van der Waals surface area contributed by atoms with Crippen molar-refractivity contribution in [3.63, 3.8) is 0 Å². The maximum Gasteiger partial charge on any atom is 0.308 e. The van der Waals surface area contributed by atoms with Gasteiger partial charge in [0.15, 0.2) is 0 Å². The molecule has 1 spiro atoms. The number of anilines is 2. The van der Waals surface area contributed by atoms with Gasteiger partial charge in [-0.1, -0.05) is 17.7 Å². The Hall–Kier alpha value is -3.23. The second kappa shape index (κ2) is 7.13. The number of imide groups is 1. The molecule has 4 heterocycles. The Morgan fingerprint density at radius 3 is 2.56 bits per heavy atom. The molecule has 0 radical (unpaired) electrons. The Kier molecular flexibility index (Phi) is 4.47. The third-order valence-corrected chi connectivity index (χ3v) is 8.13. The largest absolute Gasteiger partial charge is 0.427 e. The van der Waals surface area contributed by atoms with Crippen LogP contribution in [-0.2, 0) is 24.7 Å². The number of hydrogen-bond acceptors (Lipinski definition) is 6. The van der Waals surface area contributed by atoms with E-state index in [1.165, 1.54) is 11.8 Å². The molecule has 4 atom stereocenters. The molecule has 6 rings (SSSR count). The van der Waals surface area contributed by atoms with Gasteiger partial charge in [0.05, 0.1) is 23.2 Å². The van der Waals surface area contributed by atoms with E-state index >= 15 is 0 Å². The summed E-state index contributed by atoms with van der Waals surface area (Å²) in [5.74, 6) is -2.54. The standard InChI is InChI=1S/C25H22ClN3O5/c1-12-17(26)10-9-16-21(12)27-24(33)25(16)20-19(18-4-3-11-28(18)25)22(31)29(23(20)32)14-5-7-15(8-6-14)34-13(2)30/h5-10,18-20H,3-4,11H2,1-2H3,(H,27,33)/t18-,19-,20+,25-/m1/s1. The summed E-state index contributed by atoms with van der Waals surface area (Å²) in [4.78, 5) is 55.9. The van der Waals surface area contributed by atoms with Gasteiger partial charge < -0.3 is 10.1 Å². The summed E-state index contributed by atoms with van der Waals surface area (Å²) in [5, 5.41) is 3.52. The maximum atomic E-state index is 13.9. The quantitative estimate of drug-likeness (QED) is 0.404. The summed E-state index contributed by atoms with van der Waals surface area (Å²) in [6.07, 6.45) is 1.60. The zero-order chi connectivity index (χ0) is 23.9. The summed E-state index contributed by atoms with van der Waals surface area (Å²) >= 11 is 6.33. The Labute approximate surface area is 200 Å². The SMILES string of the molecule is CC(=O)Oc1ccc(N2C(=O)[C@@H]3[C@H]4CCCN4[C@@]4(C(=O)Nc5c4ccc(Cl)c5C)[C@@H]3C2=O)cc1. The molecule has 4 aliphatic rings. The van der Waals surface area contributed by atoms with E-state index in [-0.39, 0.29) is 23.8 Å². The van der Waals surface area contributed by atoms with Crippen LogP contribution in [0.2, 0.25) is 5.02 Å². The number of carbonyl (C=O) groups is 4. The van der Waals surface area contributed by atoms with Crippen LogP contribution < -0.4 is 15.0 Å². The van der Waals surface area contributed by atoms with Crippen molar-refractivity contribution in [2.45, 2.75) is 38.3 Å². The summed E-state index contributed by atoms with van der Waals surface area (Å²) < 4.78 is 5.07. The predicted molar refractivity (Wildman–Crippen MR) is 123 cm³/mol. The highest BCUT2D eigenvalue weighted by atomic mass is 35.5. The number of hydrogen-bond donors (Lipinski definition) is 1. The number of nitrogens with zero attached hydrogens (tertiary/aromatic N) is 2. The van der Waals surface area contributed by atoms with Crippen LogP contribution in [0.1, 0.15) is 30.9 Å². The van der Waals surface area contributed by atoms with Gasteiger partial charge in [-0.2, -0.15) is 0 Å². The van der Waals surface area contributed by atoms with Crippen LogP contribution in [0.4, 0.5) is 11.4 Å². The van der Waals surface area contributed by atoms with Gasteiger partial charge in [0.25, 0.3) is 0 Å². The number of rotatable bonds is 2. The fourth-order valence-electron chi connectivity index (χ4n) is 6.47. The molecule has 2 aromatic rings. The number of ether oxygens (including phenoxy) is 1. The molecule has 3 saturated heterocycles. The summed E-state index contributed by atoms with van der Waals surface area (Å²) in [5.41, 5.74) is 1.25. The second-order valence-corrected chi connectivity index (χ2v) is 9.73. The molecule has 34 heavy (non-hydrogen) atoms. The lowest BCUT2D eigenvalue weighted by Crippen LogP contribution is -2.54. The highest BCUT2D eigenvalue weighted by Gasteiger charge is 2.74. The van der Waals surface area contributed by atoms with E-state index in [4.69, 9.17) is 16.3 Å². The van der Waals surface area contributed by atoms with E-state index in [0.29, 0.717) is 34.3 Å². The second-order valence-electron chi connectivity index (χ2n) is 9.32. The first-order valence-electron chi connectivity index (χ1n) is 11.3.